The fourth-order valence-electron chi connectivity index (χ4n) is 1.70. The van der Waals surface area contributed by atoms with E-state index in [4.69, 9.17) is 5.73 Å². The molecule has 0 atom stereocenters. The Labute approximate surface area is 121 Å². The van der Waals surface area contributed by atoms with Gasteiger partial charge in [-0.2, -0.15) is 0 Å². The van der Waals surface area contributed by atoms with Gasteiger partial charge in [0.25, 0.3) is 0 Å². The molecule has 0 saturated heterocycles. The van der Waals surface area contributed by atoms with E-state index in [-0.39, 0.29) is 18.0 Å². The van der Waals surface area contributed by atoms with Crippen molar-refractivity contribution < 1.29 is 12.8 Å². The Morgan fingerprint density at radius 2 is 2.05 bits per heavy atom. The molecule has 0 unspecified atom stereocenters. The van der Waals surface area contributed by atoms with Crippen molar-refractivity contribution in [1.82, 2.24) is 4.72 Å². The number of hydrogen-bond acceptors (Lipinski definition) is 4. The maximum atomic E-state index is 13.7. The summed E-state index contributed by atoms with van der Waals surface area (Å²) in [7, 11) is -3.89. The van der Waals surface area contributed by atoms with Gasteiger partial charge < -0.3 is 5.73 Å². The van der Waals surface area contributed by atoms with Crippen LogP contribution in [0.25, 0.3) is 0 Å². The molecule has 2 rings (SSSR count). The lowest BCUT2D eigenvalue weighted by Crippen LogP contribution is -2.24. The van der Waals surface area contributed by atoms with E-state index >= 15 is 0 Å². The van der Waals surface area contributed by atoms with E-state index in [0.717, 1.165) is 15.8 Å². The van der Waals surface area contributed by atoms with E-state index in [1.807, 2.05) is 19.1 Å². The highest BCUT2D eigenvalue weighted by Crippen LogP contribution is 2.18. The van der Waals surface area contributed by atoms with Crippen LogP contribution in [0.2, 0.25) is 0 Å². The maximum absolute atomic E-state index is 13.7. The quantitative estimate of drug-likeness (QED) is 0.888. The molecule has 0 radical (unpaired) electrons. The number of rotatable bonds is 5. The first-order valence-corrected chi connectivity index (χ1v) is 8.26. The van der Waals surface area contributed by atoms with Crippen molar-refractivity contribution >= 4 is 21.4 Å². The molecule has 0 spiro atoms. The molecule has 108 valence electrons. The Bertz CT molecular complexity index is 711. The van der Waals surface area contributed by atoms with Gasteiger partial charge in [0.05, 0.1) is 0 Å². The fraction of sp³-hybridized carbons (Fsp3) is 0.231. The van der Waals surface area contributed by atoms with Crippen molar-refractivity contribution in [3.8, 4) is 0 Å². The first-order chi connectivity index (χ1) is 9.42. The summed E-state index contributed by atoms with van der Waals surface area (Å²) in [6.45, 7) is 2.24. The first-order valence-electron chi connectivity index (χ1n) is 5.96. The van der Waals surface area contributed by atoms with Gasteiger partial charge in [0, 0.05) is 22.8 Å². The van der Waals surface area contributed by atoms with Crippen molar-refractivity contribution in [3.63, 3.8) is 0 Å². The largest absolute Gasteiger partial charge is 0.326 e. The molecule has 7 heteroatoms. The number of halogens is 1. The standard InChI is InChI=1S/C13H15FN2O2S2/c1-9-2-4-11(19-9)8-16-20(17,18)13-6-10(7-15)3-5-12(13)14/h2-6,16H,7-8,15H2,1H3. The molecular weight excluding hydrogens is 299 g/mol. The van der Waals surface area contributed by atoms with Gasteiger partial charge in [0.15, 0.2) is 0 Å². The fourth-order valence-corrected chi connectivity index (χ4v) is 3.76. The summed E-state index contributed by atoms with van der Waals surface area (Å²) in [5.74, 6) is -0.780. The minimum Gasteiger partial charge on any atom is -0.326 e. The number of sulfonamides is 1. The van der Waals surface area contributed by atoms with Crippen LogP contribution in [-0.2, 0) is 23.1 Å². The number of thiophene rings is 1. The van der Waals surface area contributed by atoms with Crippen molar-refractivity contribution in [2.75, 3.05) is 0 Å². The lowest BCUT2D eigenvalue weighted by Gasteiger charge is -2.08. The molecule has 0 aliphatic rings. The minimum atomic E-state index is -3.89. The predicted molar refractivity (Wildman–Crippen MR) is 77.4 cm³/mol. The smallest absolute Gasteiger partial charge is 0.243 e. The third kappa shape index (κ3) is 3.43. The van der Waals surface area contributed by atoms with E-state index in [2.05, 4.69) is 4.72 Å². The SMILES string of the molecule is Cc1ccc(CNS(=O)(=O)c2cc(CN)ccc2F)s1. The van der Waals surface area contributed by atoms with Gasteiger partial charge >= 0.3 is 0 Å². The highest BCUT2D eigenvalue weighted by Gasteiger charge is 2.19. The molecule has 0 bridgehead atoms. The number of nitrogens with one attached hydrogen (secondary N) is 1. The van der Waals surface area contributed by atoms with Crippen molar-refractivity contribution in [2.24, 2.45) is 5.73 Å². The molecule has 2 aromatic rings. The van der Waals surface area contributed by atoms with Crippen molar-refractivity contribution in [2.45, 2.75) is 24.9 Å². The average Bonchev–Trinajstić information content (AvgIpc) is 2.83. The average molecular weight is 314 g/mol. The Hall–Kier alpha value is -1.28. The summed E-state index contributed by atoms with van der Waals surface area (Å²) in [5, 5.41) is 0. The van der Waals surface area contributed by atoms with Crippen molar-refractivity contribution in [1.29, 1.82) is 0 Å². The molecule has 20 heavy (non-hydrogen) atoms. The summed E-state index contributed by atoms with van der Waals surface area (Å²) in [6.07, 6.45) is 0. The Morgan fingerprint density at radius 3 is 2.65 bits per heavy atom. The van der Waals surface area contributed by atoms with Crippen LogP contribution in [0.1, 0.15) is 15.3 Å². The molecular formula is C13H15FN2O2S2. The second kappa shape index (κ2) is 6.01. The summed E-state index contributed by atoms with van der Waals surface area (Å²) in [6, 6.07) is 7.60. The molecule has 4 nitrogen and oxygen atoms in total. The third-order valence-electron chi connectivity index (χ3n) is 2.75. The summed E-state index contributed by atoms with van der Waals surface area (Å²) >= 11 is 1.49. The minimum absolute atomic E-state index is 0.146. The van der Waals surface area contributed by atoms with Crippen LogP contribution >= 0.6 is 11.3 Å². The number of aryl methyl sites for hydroxylation is 1. The van der Waals surface area contributed by atoms with Crippen LogP contribution in [0.3, 0.4) is 0 Å². The highest BCUT2D eigenvalue weighted by molar-refractivity contribution is 7.89. The summed E-state index contributed by atoms with van der Waals surface area (Å²) in [4.78, 5) is 1.60. The van der Waals surface area contributed by atoms with Crippen molar-refractivity contribution in [3.05, 3.63) is 51.5 Å². The zero-order valence-corrected chi connectivity index (χ0v) is 12.5. The normalized spacial score (nSPS) is 11.8. The molecule has 0 amide bonds. The summed E-state index contributed by atoms with van der Waals surface area (Å²) in [5.41, 5.74) is 6.01. The topological polar surface area (TPSA) is 72.2 Å². The van der Waals surface area contributed by atoms with Crippen LogP contribution in [0.15, 0.2) is 35.2 Å². The number of nitrogens with two attached hydrogens (primary N) is 1. The van der Waals surface area contributed by atoms with Crippen LogP contribution in [-0.4, -0.2) is 8.42 Å². The Balaban J connectivity index is 2.21. The molecule has 1 aromatic carbocycles. The van der Waals surface area contributed by atoms with Gasteiger partial charge in [-0.15, -0.1) is 11.3 Å². The van der Waals surface area contributed by atoms with Gasteiger partial charge in [-0.3, -0.25) is 0 Å². The maximum Gasteiger partial charge on any atom is 0.243 e. The molecule has 1 heterocycles. The van der Waals surface area contributed by atoms with Crippen LogP contribution < -0.4 is 10.5 Å². The second-order valence-corrected chi connectivity index (χ2v) is 7.41. The highest BCUT2D eigenvalue weighted by atomic mass is 32.2. The zero-order valence-electron chi connectivity index (χ0n) is 10.9. The van der Waals surface area contributed by atoms with Crippen LogP contribution in [0.5, 0.6) is 0 Å². The van der Waals surface area contributed by atoms with E-state index in [0.29, 0.717) is 5.56 Å². The lowest BCUT2D eigenvalue weighted by molar-refractivity contribution is 0.556. The van der Waals surface area contributed by atoms with Gasteiger partial charge in [-0.1, -0.05) is 6.07 Å². The third-order valence-corrected chi connectivity index (χ3v) is 5.17. The predicted octanol–water partition coefficient (Wildman–Crippen LogP) is 2.13. The Kier molecular flexibility index (Phi) is 4.54. The Morgan fingerprint density at radius 1 is 1.30 bits per heavy atom. The number of benzene rings is 1. The molecule has 0 aliphatic carbocycles. The monoisotopic (exact) mass is 314 g/mol. The van der Waals surface area contributed by atoms with E-state index < -0.39 is 15.8 Å². The molecule has 1 aromatic heterocycles. The zero-order chi connectivity index (χ0) is 14.8. The molecule has 3 N–H and O–H groups in total. The number of hydrogen-bond donors (Lipinski definition) is 2. The van der Waals surface area contributed by atoms with E-state index in [1.54, 1.807) is 0 Å². The molecule has 0 fully saturated rings. The van der Waals surface area contributed by atoms with Crippen LogP contribution in [0, 0.1) is 12.7 Å². The second-order valence-electron chi connectivity index (χ2n) is 4.31. The summed E-state index contributed by atoms with van der Waals surface area (Å²) < 4.78 is 40.3. The van der Waals surface area contributed by atoms with Crippen LogP contribution in [0.4, 0.5) is 4.39 Å². The van der Waals surface area contributed by atoms with Gasteiger partial charge in [0.2, 0.25) is 10.0 Å². The first kappa shape index (κ1) is 15.1. The van der Waals surface area contributed by atoms with E-state index in [1.165, 1.54) is 23.5 Å². The lowest BCUT2D eigenvalue weighted by atomic mass is 10.2. The molecule has 0 aliphatic heterocycles. The van der Waals surface area contributed by atoms with Gasteiger partial charge in [-0.05, 0) is 36.8 Å². The molecule has 0 saturated carbocycles. The van der Waals surface area contributed by atoms with E-state index in [9.17, 15) is 12.8 Å². The van der Waals surface area contributed by atoms with Gasteiger partial charge in [0.1, 0.15) is 10.7 Å². The van der Waals surface area contributed by atoms with Gasteiger partial charge in [-0.25, -0.2) is 17.5 Å².